The van der Waals surface area contributed by atoms with Gasteiger partial charge in [-0.1, -0.05) is 0 Å². The highest BCUT2D eigenvalue weighted by Crippen LogP contribution is 2.37. The molecule has 0 N–H and O–H groups in total. The minimum Gasteiger partial charge on any atom is -0.483 e. The van der Waals surface area contributed by atoms with E-state index in [9.17, 15) is 40.0 Å². The lowest BCUT2D eigenvalue weighted by Gasteiger charge is -2.27. The van der Waals surface area contributed by atoms with Crippen molar-refractivity contribution in [2.75, 3.05) is 39.5 Å². The van der Waals surface area contributed by atoms with Crippen LogP contribution in [0.3, 0.4) is 0 Å². The zero-order valence-corrected chi connectivity index (χ0v) is 15.3. The molecule has 1 aromatic carbocycles. The Morgan fingerprint density at radius 2 is 1.59 bits per heavy atom. The molecular weight excluding hydrogens is 434 g/mol. The third-order valence-electron chi connectivity index (χ3n) is 3.55. The van der Waals surface area contributed by atoms with Gasteiger partial charge in [-0.15, -0.1) is 0 Å². The molecule has 1 aliphatic heterocycles. The van der Waals surface area contributed by atoms with Gasteiger partial charge in [-0.2, -0.15) is 35.9 Å². The van der Waals surface area contributed by atoms with E-state index in [1.807, 2.05) is 0 Å². The van der Waals surface area contributed by atoms with Gasteiger partial charge in [-0.3, -0.25) is 0 Å². The summed E-state index contributed by atoms with van der Waals surface area (Å²) in [6, 6.07) is 2.86. The van der Waals surface area contributed by atoms with Crippen LogP contribution in [-0.2, 0) is 14.8 Å². The average Bonchev–Trinajstić information content (AvgIpc) is 2.63. The van der Waals surface area contributed by atoms with E-state index >= 15 is 0 Å². The first-order valence-corrected chi connectivity index (χ1v) is 9.33. The van der Waals surface area contributed by atoms with Gasteiger partial charge < -0.3 is 14.2 Å². The fraction of sp³-hybridized carbons (Fsp3) is 0.533. The molecule has 0 aliphatic carbocycles. The van der Waals surface area contributed by atoms with Crippen LogP contribution in [0.2, 0.25) is 0 Å². The van der Waals surface area contributed by atoms with Gasteiger partial charge in [0.25, 0.3) is 0 Å². The molecule has 0 atom stereocenters. The molecule has 2 rings (SSSR count). The molecule has 0 unspecified atom stereocenters. The normalized spacial score (nSPS) is 16.3. The number of sulfonamides is 1. The van der Waals surface area contributed by atoms with Crippen LogP contribution in [-0.4, -0.2) is 64.6 Å². The van der Waals surface area contributed by atoms with Gasteiger partial charge >= 0.3 is 12.4 Å². The standard InChI is InChI=1S/C15H14F6N2O5S/c16-14(17,18)8-27-11-1-2-12(29(24,25)23-3-5-26-6-4-23)13(10(11)7-22)28-9-15(19,20)21/h1-2H,3-6,8-9H2. The lowest BCUT2D eigenvalue weighted by atomic mass is 10.2. The number of morpholine rings is 1. The van der Waals surface area contributed by atoms with Crippen molar-refractivity contribution in [3.05, 3.63) is 17.7 Å². The molecule has 1 aromatic rings. The smallest absolute Gasteiger partial charge is 0.422 e. The van der Waals surface area contributed by atoms with Crippen molar-refractivity contribution in [3.8, 4) is 17.6 Å². The van der Waals surface area contributed by atoms with E-state index in [2.05, 4.69) is 9.47 Å². The number of nitrogens with zero attached hydrogens (tertiary/aromatic N) is 2. The average molecular weight is 448 g/mol. The molecule has 7 nitrogen and oxygen atoms in total. The Labute approximate surface area is 161 Å². The number of hydrogen-bond donors (Lipinski definition) is 0. The maximum atomic E-state index is 12.8. The van der Waals surface area contributed by atoms with Gasteiger partial charge in [0.15, 0.2) is 19.0 Å². The molecule has 1 aliphatic rings. The van der Waals surface area contributed by atoms with Crippen molar-refractivity contribution in [2.24, 2.45) is 0 Å². The van der Waals surface area contributed by atoms with Crippen molar-refractivity contribution < 1.29 is 49.0 Å². The highest BCUT2D eigenvalue weighted by atomic mass is 32.2. The molecule has 29 heavy (non-hydrogen) atoms. The Hall–Kier alpha value is -2.24. The molecule has 0 spiro atoms. The molecule has 0 aromatic heterocycles. The predicted octanol–water partition coefficient (Wildman–Crippen LogP) is 2.46. The molecule has 0 bridgehead atoms. The van der Waals surface area contributed by atoms with Crippen molar-refractivity contribution in [1.82, 2.24) is 4.31 Å². The number of alkyl halides is 6. The monoisotopic (exact) mass is 448 g/mol. The van der Waals surface area contributed by atoms with Crippen LogP contribution in [0.5, 0.6) is 11.5 Å². The van der Waals surface area contributed by atoms with Crippen molar-refractivity contribution >= 4 is 10.0 Å². The van der Waals surface area contributed by atoms with E-state index in [-0.39, 0.29) is 26.3 Å². The zero-order valence-electron chi connectivity index (χ0n) is 14.5. The van der Waals surface area contributed by atoms with Gasteiger partial charge in [0.2, 0.25) is 10.0 Å². The van der Waals surface area contributed by atoms with Crippen molar-refractivity contribution in [1.29, 1.82) is 5.26 Å². The van der Waals surface area contributed by atoms with E-state index in [0.29, 0.717) is 0 Å². The minimum atomic E-state index is -4.89. The summed E-state index contributed by atoms with van der Waals surface area (Å²) in [4.78, 5) is -0.792. The van der Waals surface area contributed by atoms with Crippen LogP contribution in [0, 0.1) is 11.3 Å². The second-order valence-corrected chi connectivity index (χ2v) is 7.61. The Balaban J connectivity index is 2.53. The van der Waals surface area contributed by atoms with Crippen LogP contribution in [0.1, 0.15) is 5.56 Å². The first-order chi connectivity index (χ1) is 13.3. The number of hydrogen-bond acceptors (Lipinski definition) is 6. The third kappa shape index (κ3) is 6.12. The Kier molecular flexibility index (Phi) is 6.86. The largest absolute Gasteiger partial charge is 0.483 e. The zero-order chi connectivity index (χ0) is 21.9. The number of halogens is 6. The van der Waals surface area contributed by atoms with E-state index < -0.39 is 57.5 Å². The van der Waals surface area contributed by atoms with Crippen LogP contribution in [0.4, 0.5) is 26.3 Å². The lowest BCUT2D eigenvalue weighted by Crippen LogP contribution is -2.40. The van der Waals surface area contributed by atoms with Crippen molar-refractivity contribution in [3.63, 3.8) is 0 Å². The highest BCUT2D eigenvalue weighted by Gasteiger charge is 2.36. The Morgan fingerprint density at radius 3 is 2.10 bits per heavy atom. The van der Waals surface area contributed by atoms with Crippen LogP contribution < -0.4 is 9.47 Å². The summed E-state index contributed by atoms with van der Waals surface area (Å²) < 4.78 is 115. The first-order valence-electron chi connectivity index (χ1n) is 7.89. The number of ether oxygens (including phenoxy) is 3. The molecular formula is C15H14F6N2O5S. The predicted molar refractivity (Wildman–Crippen MR) is 83.8 cm³/mol. The summed E-state index contributed by atoms with van der Waals surface area (Å²) in [7, 11) is -4.42. The molecule has 162 valence electrons. The molecule has 0 saturated carbocycles. The minimum absolute atomic E-state index is 0.0376. The molecule has 0 amide bonds. The molecule has 1 saturated heterocycles. The van der Waals surface area contributed by atoms with Crippen molar-refractivity contribution in [2.45, 2.75) is 17.2 Å². The highest BCUT2D eigenvalue weighted by molar-refractivity contribution is 7.89. The second-order valence-electron chi connectivity index (χ2n) is 5.70. The van der Waals surface area contributed by atoms with Crippen LogP contribution in [0.25, 0.3) is 0 Å². The third-order valence-corrected chi connectivity index (χ3v) is 5.48. The van der Waals surface area contributed by atoms with Gasteiger partial charge in [-0.25, -0.2) is 8.42 Å². The maximum Gasteiger partial charge on any atom is 0.422 e. The van der Waals surface area contributed by atoms with Gasteiger partial charge in [0.05, 0.1) is 13.2 Å². The Bertz CT molecular complexity index is 873. The summed E-state index contributed by atoms with van der Waals surface area (Å²) in [5.41, 5.74) is -0.896. The quantitative estimate of drug-likeness (QED) is 0.622. The van der Waals surface area contributed by atoms with Crippen LogP contribution >= 0.6 is 0 Å². The van der Waals surface area contributed by atoms with E-state index in [1.54, 1.807) is 0 Å². The number of benzene rings is 1. The molecule has 0 radical (unpaired) electrons. The van der Waals surface area contributed by atoms with E-state index in [4.69, 9.17) is 4.74 Å². The summed E-state index contributed by atoms with van der Waals surface area (Å²) in [5.74, 6) is -1.79. The molecule has 1 fully saturated rings. The van der Waals surface area contributed by atoms with E-state index in [1.165, 1.54) is 6.07 Å². The maximum absolute atomic E-state index is 12.8. The Morgan fingerprint density at radius 1 is 1.03 bits per heavy atom. The summed E-state index contributed by atoms with van der Waals surface area (Å²) in [5, 5.41) is 9.26. The summed E-state index contributed by atoms with van der Waals surface area (Å²) in [6.07, 6.45) is -9.69. The summed E-state index contributed by atoms with van der Waals surface area (Å²) in [6.45, 7) is -3.93. The SMILES string of the molecule is N#Cc1c(OCC(F)(F)F)ccc(S(=O)(=O)N2CCOCC2)c1OCC(F)(F)F. The van der Waals surface area contributed by atoms with Gasteiger partial charge in [0, 0.05) is 13.1 Å². The number of nitriles is 1. The van der Waals surface area contributed by atoms with E-state index in [0.717, 1.165) is 16.4 Å². The first kappa shape index (κ1) is 23.0. The molecule has 14 heteroatoms. The lowest BCUT2D eigenvalue weighted by molar-refractivity contribution is -0.154. The van der Waals surface area contributed by atoms with Gasteiger partial charge in [-0.05, 0) is 12.1 Å². The van der Waals surface area contributed by atoms with Gasteiger partial charge in [0.1, 0.15) is 22.3 Å². The fourth-order valence-corrected chi connectivity index (χ4v) is 3.90. The number of rotatable bonds is 6. The second kappa shape index (κ2) is 8.64. The fourth-order valence-electron chi connectivity index (χ4n) is 2.36. The topological polar surface area (TPSA) is 88.9 Å². The molecule has 1 heterocycles. The van der Waals surface area contributed by atoms with Crippen LogP contribution in [0.15, 0.2) is 17.0 Å². The summed E-state index contributed by atoms with van der Waals surface area (Å²) >= 11 is 0.